The Morgan fingerprint density at radius 2 is 1.70 bits per heavy atom. The zero-order chi connectivity index (χ0) is 21.7. The molecule has 0 aromatic heterocycles. The third-order valence-electron chi connectivity index (χ3n) is 5.81. The van der Waals surface area contributed by atoms with Crippen LogP contribution >= 0.6 is 0 Å². The van der Waals surface area contributed by atoms with Gasteiger partial charge in [0.25, 0.3) is 5.91 Å². The van der Waals surface area contributed by atoms with Crippen molar-refractivity contribution in [2.24, 2.45) is 5.92 Å². The molecule has 0 heterocycles. The van der Waals surface area contributed by atoms with E-state index in [1.54, 1.807) is 0 Å². The molecule has 30 heavy (non-hydrogen) atoms. The maximum absolute atomic E-state index is 12.8. The molecule has 3 rings (SSSR count). The fraction of sp³-hybridized carbons (Fsp3) is 0.458. The quantitative estimate of drug-likeness (QED) is 0.584. The van der Waals surface area contributed by atoms with Gasteiger partial charge in [0.2, 0.25) is 0 Å². The van der Waals surface area contributed by atoms with Crippen molar-refractivity contribution in [3.63, 3.8) is 0 Å². The normalized spacial score (nSPS) is 19.5. The molecule has 1 aliphatic carbocycles. The summed E-state index contributed by atoms with van der Waals surface area (Å²) in [7, 11) is 0. The van der Waals surface area contributed by atoms with Crippen LogP contribution in [0.1, 0.15) is 66.9 Å². The number of alkyl halides is 3. The monoisotopic (exact) mass is 418 g/mol. The van der Waals surface area contributed by atoms with Crippen molar-refractivity contribution in [1.82, 2.24) is 5.32 Å². The van der Waals surface area contributed by atoms with Crippen LogP contribution in [-0.4, -0.2) is 18.5 Å². The highest BCUT2D eigenvalue weighted by atomic mass is 19.4. The van der Waals surface area contributed by atoms with E-state index in [-0.39, 0.29) is 11.6 Å². The van der Waals surface area contributed by atoms with Crippen LogP contribution in [0.2, 0.25) is 0 Å². The van der Waals surface area contributed by atoms with E-state index in [0.29, 0.717) is 11.8 Å². The molecule has 2 aromatic rings. The van der Waals surface area contributed by atoms with Gasteiger partial charge in [-0.1, -0.05) is 32.0 Å². The van der Waals surface area contributed by atoms with Crippen molar-refractivity contribution in [2.45, 2.75) is 57.7 Å². The summed E-state index contributed by atoms with van der Waals surface area (Å²) in [5, 5.41) is 6.39. The molecule has 0 aliphatic heterocycles. The molecule has 1 fully saturated rings. The lowest BCUT2D eigenvalue weighted by atomic mass is 9.86. The van der Waals surface area contributed by atoms with Crippen LogP contribution in [0.15, 0.2) is 48.5 Å². The van der Waals surface area contributed by atoms with Crippen LogP contribution in [0, 0.1) is 5.92 Å². The Bertz CT molecular complexity index is 838. The maximum Gasteiger partial charge on any atom is 0.416 e. The first-order chi connectivity index (χ1) is 14.2. The van der Waals surface area contributed by atoms with Gasteiger partial charge in [0.15, 0.2) is 0 Å². The van der Waals surface area contributed by atoms with E-state index in [1.165, 1.54) is 17.7 Å². The fourth-order valence-corrected chi connectivity index (χ4v) is 3.86. The second kappa shape index (κ2) is 9.54. The Kier molecular flexibility index (Phi) is 7.06. The van der Waals surface area contributed by atoms with Gasteiger partial charge in [-0.25, -0.2) is 0 Å². The summed E-state index contributed by atoms with van der Waals surface area (Å²) in [6.07, 6.45) is -0.821. The number of halogens is 3. The summed E-state index contributed by atoms with van der Waals surface area (Å²) in [6.45, 7) is 5.23. The highest BCUT2D eigenvalue weighted by Gasteiger charge is 2.31. The summed E-state index contributed by atoms with van der Waals surface area (Å²) in [5.74, 6) is 0.602. The summed E-state index contributed by atoms with van der Waals surface area (Å²) < 4.78 is 38.5. The third kappa shape index (κ3) is 6.00. The van der Waals surface area contributed by atoms with E-state index in [9.17, 15) is 18.0 Å². The predicted molar refractivity (Wildman–Crippen MR) is 114 cm³/mol. The number of carbonyl (C=O) groups excluding carboxylic acids is 1. The lowest BCUT2D eigenvalue weighted by Gasteiger charge is -2.29. The van der Waals surface area contributed by atoms with Crippen LogP contribution < -0.4 is 10.6 Å². The molecule has 0 unspecified atom stereocenters. The summed E-state index contributed by atoms with van der Waals surface area (Å²) in [5.41, 5.74) is 1.68. The standard InChI is InChI=1S/C24H29F3N2O/c1-16(2)18-8-12-21(13-9-18)28-15-17-6-10-22(11-7-17)29-23(30)19-4-3-5-20(14-19)24(25,26)27/h3-5,8-9,12-14,16-17,22,28H,6-7,10-11,15H2,1-2H3,(H,29,30). The van der Waals surface area contributed by atoms with Gasteiger partial charge >= 0.3 is 6.18 Å². The smallest absolute Gasteiger partial charge is 0.385 e. The molecule has 3 nitrogen and oxygen atoms in total. The number of anilines is 1. The lowest BCUT2D eigenvalue weighted by Crippen LogP contribution is -2.38. The van der Waals surface area contributed by atoms with E-state index in [2.05, 4.69) is 48.7 Å². The van der Waals surface area contributed by atoms with Crippen molar-refractivity contribution in [3.05, 3.63) is 65.2 Å². The summed E-state index contributed by atoms with van der Waals surface area (Å²) in [6, 6.07) is 13.1. The Labute approximate surface area is 176 Å². The molecule has 6 heteroatoms. The predicted octanol–water partition coefficient (Wildman–Crippen LogP) is 6.23. The first-order valence-electron chi connectivity index (χ1n) is 10.5. The van der Waals surface area contributed by atoms with Crippen LogP contribution in [0.5, 0.6) is 0 Å². The minimum atomic E-state index is -4.45. The SMILES string of the molecule is CC(C)c1ccc(NCC2CCC(NC(=O)c3cccc(C(F)(F)F)c3)CC2)cc1. The molecule has 0 saturated heterocycles. The summed E-state index contributed by atoms with van der Waals surface area (Å²) >= 11 is 0. The highest BCUT2D eigenvalue weighted by Crippen LogP contribution is 2.30. The number of benzene rings is 2. The molecule has 162 valence electrons. The van der Waals surface area contributed by atoms with Gasteiger partial charge in [-0.2, -0.15) is 13.2 Å². The lowest BCUT2D eigenvalue weighted by molar-refractivity contribution is -0.137. The first-order valence-corrected chi connectivity index (χ1v) is 10.5. The van der Waals surface area contributed by atoms with Crippen LogP contribution in [0.4, 0.5) is 18.9 Å². The molecule has 0 atom stereocenters. The van der Waals surface area contributed by atoms with Crippen LogP contribution in [0.3, 0.4) is 0 Å². The Morgan fingerprint density at radius 1 is 1.03 bits per heavy atom. The van der Waals surface area contributed by atoms with Gasteiger partial charge in [0, 0.05) is 23.8 Å². The first kappa shape index (κ1) is 22.2. The molecule has 0 bridgehead atoms. The Hall–Kier alpha value is -2.50. The van der Waals surface area contributed by atoms with Crippen molar-refractivity contribution < 1.29 is 18.0 Å². The summed E-state index contributed by atoms with van der Waals surface area (Å²) in [4.78, 5) is 12.4. The average Bonchev–Trinajstić information content (AvgIpc) is 2.73. The molecule has 1 saturated carbocycles. The third-order valence-corrected chi connectivity index (χ3v) is 5.81. The van der Waals surface area contributed by atoms with Gasteiger partial charge in [0.1, 0.15) is 0 Å². The molecule has 2 N–H and O–H groups in total. The number of rotatable bonds is 6. The largest absolute Gasteiger partial charge is 0.416 e. The van der Waals surface area contributed by atoms with Crippen LogP contribution in [-0.2, 0) is 6.18 Å². The molecular formula is C24H29F3N2O. The minimum absolute atomic E-state index is 0.00798. The Morgan fingerprint density at radius 3 is 2.30 bits per heavy atom. The fourth-order valence-electron chi connectivity index (χ4n) is 3.86. The number of carbonyl (C=O) groups is 1. The van der Waals surface area contributed by atoms with Gasteiger partial charge < -0.3 is 10.6 Å². The maximum atomic E-state index is 12.8. The topological polar surface area (TPSA) is 41.1 Å². The second-order valence-electron chi connectivity index (χ2n) is 8.43. The number of nitrogens with one attached hydrogen (secondary N) is 2. The number of amides is 1. The number of hydrogen-bond donors (Lipinski definition) is 2. The zero-order valence-corrected chi connectivity index (χ0v) is 17.4. The van der Waals surface area contributed by atoms with E-state index in [4.69, 9.17) is 0 Å². The zero-order valence-electron chi connectivity index (χ0n) is 17.4. The van der Waals surface area contributed by atoms with E-state index >= 15 is 0 Å². The van der Waals surface area contributed by atoms with Gasteiger partial charge in [-0.05, 0) is 73.4 Å². The van der Waals surface area contributed by atoms with Crippen LogP contribution in [0.25, 0.3) is 0 Å². The Balaban J connectivity index is 1.45. The number of hydrogen-bond acceptors (Lipinski definition) is 2. The second-order valence-corrected chi connectivity index (χ2v) is 8.43. The molecule has 0 spiro atoms. The van der Waals surface area contributed by atoms with Crippen molar-refractivity contribution in [1.29, 1.82) is 0 Å². The van der Waals surface area contributed by atoms with E-state index < -0.39 is 17.6 Å². The molecule has 1 amide bonds. The minimum Gasteiger partial charge on any atom is -0.385 e. The van der Waals surface area contributed by atoms with Crippen molar-refractivity contribution >= 4 is 11.6 Å². The van der Waals surface area contributed by atoms with Crippen molar-refractivity contribution in [3.8, 4) is 0 Å². The molecule has 1 aliphatic rings. The highest BCUT2D eigenvalue weighted by molar-refractivity contribution is 5.94. The van der Waals surface area contributed by atoms with Crippen molar-refractivity contribution in [2.75, 3.05) is 11.9 Å². The molecular weight excluding hydrogens is 389 g/mol. The van der Waals surface area contributed by atoms with Gasteiger partial charge in [0.05, 0.1) is 5.56 Å². The van der Waals surface area contributed by atoms with Gasteiger partial charge in [-0.15, -0.1) is 0 Å². The van der Waals surface area contributed by atoms with Gasteiger partial charge in [-0.3, -0.25) is 4.79 Å². The molecule has 2 aromatic carbocycles. The van der Waals surface area contributed by atoms with E-state index in [1.807, 2.05) is 0 Å². The molecule has 0 radical (unpaired) electrons. The van der Waals surface area contributed by atoms with E-state index in [0.717, 1.165) is 50.0 Å². The average molecular weight is 419 g/mol.